The van der Waals surface area contributed by atoms with Crippen molar-refractivity contribution in [2.24, 2.45) is 4.99 Å². The number of fused-ring (bicyclic) bond motifs is 1. The number of nitrogens with one attached hydrogen (secondary N) is 2. The molecule has 0 aliphatic carbocycles. The van der Waals surface area contributed by atoms with E-state index in [1.165, 1.54) is 4.31 Å². The van der Waals surface area contributed by atoms with Gasteiger partial charge in [-0.1, -0.05) is 18.2 Å². The molecular formula is C21H29IN4O4S. The Morgan fingerprint density at radius 3 is 2.23 bits per heavy atom. The van der Waals surface area contributed by atoms with Gasteiger partial charge in [0.25, 0.3) is 0 Å². The molecule has 2 N–H and O–H groups in total. The number of guanidine groups is 1. The lowest BCUT2D eigenvalue weighted by atomic mass is 10.2. The highest BCUT2D eigenvalue weighted by Gasteiger charge is 2.22. The van der Waals surface area contributed by atoms with Crippen LogP contribution in [0.2, 0.25) is 0 Å². The van der Waals surface area contributed by atoms with E-state index < -0.39 is 10.0 Å². The third-order valence-electron chi connectivity index (χ3n) is 4.91. The van der Waals surface area contributed by atoms with Crippen molar-refractivity contribution in [1.82, 2.24) is 14.9 Å². The Kier molecular flexibility index (Phi) is 8.95. The molecule has 0 atom stereocenters. The number of hydrogen-bond acceptors (Lipinski definition) is 5. The summed E-state index contributed by atoms with van der Waals surface area (Å²) in [5, 5.41) is 6.48. The molecule has 8 nitrogen and oxygen atoms in total. The normalized spacial score (nSPS) is 13.3. The van der Waals surface area contributed by atoms with Crippen LogP contribution in [0.15, 0.2) is 52.4 Å². The fourth-order valence-electron chi connectivity index (χ4n) is 2.87. The Morgan fingerprint density at radius 2 is 1.61 bits per heavy atom. The zero-order valence-corrected chi connectivity index (χ0v) is 21.2. The first-order valence-corrected chi connectivity index (χ1v) is 11.2. The number of nitrogens with zero attached hydrogens (tertiary/aromatic N) is 2. The molecular weight excluding hydrogens is 531 g/mol. The number of aliphatic imine (C=N–C) groups is 1. The first kappa shape index (κ1) is 25.2. The molecule has 170 valence electrons. The van der Waals surface area contributed by atoms with Gasteiger partial charge in [0.05, 0.1) is 4.90 Å². The monoisotopic (exact) mass is 560 g/mol. The number of rotatable bonds is 7. The Morgan fingerprint density at radius 1 is 1.03 bits per heavy atom. The lowest BCUT2D eigenvalue weighted by Crippen LogP contribution is -2.36. The second-order valence-corrected chi connectivity index (χ2v) is 9.22. The van der Waals surface area contributed by atoms with Gasteiger partial charge in [-0.3, -0.25) is 4.99 Å². The van der Waals surface area contributed by atoms with Gasteiger partial charge in [-0.25, -0.2) is 8.42 Å². The third-order valence-corrected chi connectivity index (χ3v) is 6.96. The highest BCUT2D eigenvalue weighted by Crippen LogP contribution is 2.32. The average Bonchev–Trinajstić information content (AvgIpc) is 3.21. The minimum Gasteiger partial charge on any atom is -0.454 e. The lowest BCUT2D eigenvalue weighted by Gasteiger charge is -2.21. The van der Waals surface area contributed by atoms with Gasteiger partial charge in [-0.05, 0) is 49.2 Å². The van der Waals surface area contributed by atoms with Crippen molar-refractivity contribution in [3.05, 3.63) is 53.6 Å². The summed E-state index contributed by atoms with van der Waals surface area (Å²) in [5.74, 6) is 2.14. The molecule has 0 saturated carbocycles. The van der Waals surface area contributed by atoms with E-state index in [1.807, 2.05) is 32.0 Å². The van der Waals surface area contributed by atoms with Gasteiger partial charge in [0.1, 0.15) is 0 Å². The third kappa shape index (κ3) is 6.23. The molecule has 0 unspecified atom stereocenters. The SMILES string of the molecule is CN=C(NCc1ccc(S(=O)(=O)N(C)C(C)C)cc1)NCc1ccc2c(c1)OCO2.I. The molecule has 0 amide bonds. The Bertz CT molecular complexity index is 1010. The van der Waals surface area contributed by atoms with Crippen molar-refractivity contribution in [2.75, 3.05) is 20.9 Å². The van der Waals surface area contributed by atoms with E-state index >= 15 is 0 Å². The summed E-state index contributed by atoms with van der Waals surface area (Å²) in [6, 6.07) is 12.6. The van der Waals surface area contributed by atoms with Gasteiger partial charge >= 0.3 is 0 Å². The zero-order chi connectivity index (χ0) is 21.7. The van der Waals surface area contributed by atoms with Crippen LogP contribution in [0.5, 0.6) is 11.5 Å². The van der Waals surface area contributed by atoms with Gasteiger partial charge in [0, 0.05) is 33.2 Å². The quantitative estimate of drug-likeness (QED) is 0.308. The van der Waals surface area contributed by atoms with Crippen molar-refractivity contribution < 1.29 is 17.9 Å². The molecule has 1 heterocycles. The fraction of sp³-hybridized carbons (Fsp3) is 0.381. The largest absolute Gasteiger partial charge is 0.454 e. The summed E-state index contributed by atoms with van der Waals surface area (Å²) in [6.45, 7) is 5.04. The first-order chi connectivity index (χ1) is 14.3. The van der Waals surface area contributed by atoms with E-state index in [0.29, 0.717) is 19.0 Å². The predicted molar refractivity (Wildman–Crippen MR) is 132 cm³/mol. The molecule has 0 bridgehead atoms. The maximum Gasteiger partial charge on any atom is 0.243 e. The molecule has 10 heteroatoms. The molecule has 0 fully saturated rings. The van der Waals surface area contributed by atoms with Crippen LogP contribution in [-0.4, -0.2) is 45.6 Å². The van der Waals surface area contributed by atoms with Gasteiger partial charge in [0.15, 0.2) is 17.5 Å². The number of benzene rings is 2. The Balaban J connectivity index is 0.00000341. The van der Waals surface area contributed by atoms with Crippen molar-refractivity contribution >= 4 is 40.0 Å². The van der Waals surface area contributed by atoms with Crippen LogP contribution in [0.3, 0.4) is 0 Å². The van der Waals surface area contributed by atoms with Crippen LogP contribution >= 0.6 is 24.0 Å². The average molecular weight is 560 g/mol. The van der Waals surface area contributed by atoms with E-state index in [4.69, 9.17) is 9.47 Å². The molecule has 2 aromatic carbocycles. The summed E-state index contributed by atoms with van der Waals surface area (Å²) >= 11 is 0. The van der Waals surface area contributed by atoms with Crippen molar-refractivity contribution in [3.63, 3.8) is 0 Å². The zero-order valence-electron chi connectivity index (χ0n) is 18.1. The summed E-state index contributed by atoms with van der Waals surface area (Å²) in [7, 11) is -0.188. The fourth-order valence-corrected chi connectivity index (χ4v) is 4.23. The van der Waals surface area contributed by atoms with E-state index in [2.05, 4.69) is 15.6 Å². The number of hydrogen-bond donors (Lipinski definition) is 2. The molecule has 0 aromatic heterocycles. The topological polar surface area (TPSA) is 92.3 Å². The molecule has 3 rings (SSSR count). The van der Waals surface area contributed by atoms with Crippen LogP contribution in [-0.2, 0) is 23.1 Å². The smallest absolute Gasteiger partial charge is 0.243 e. The van der Waals surface area contributed by atoms with Crippen LogP contribution in [0, 0.1) is 0 Å². The summed E-state index contributed by atoms with van der Waals surface area (Å²) in [5.41, 5.74) is 2.00. The van der Waals surface area contributed by atoms with Crippen LogP contribution in [0.4, 0.5) is 0 Å². The van der Waals surface area contributed by atoms with E-state index in [9.17, 15) is 8.42 Å². The molecule has 0 radical (unpaired) electrons. The molecule has 1 aliphatic rings. The maximum absolute atomic E-state index is 12.6. The minimum absolute atomic E-state index is 0. The molecule has 1 aliphatic heterocycles. The number of halogens is 1. The Labute approximate surface area is 201 Å². The van der Waals surface area contributed by atoms with Crippen LogP contribution < -0.4 is 20.1 Å². The highest BCUT2D eigenvalue weighted by atomic mass is 127. The Hall–Kier alpha value is -2.05. The maximum atomic E-state index is 12.6. The van der Waals surface area contributed by atoms with E-state index in [-0.39, 0.29) is 41.7 Å². The minimum atomic E-state index is -3.48. The number of ether oxygens (including phenoxy) is 2. The van der Waals surface area contributed by atoms with Crippen molar-refractivity contribution in [3.8, 4) is 11.5 Å². The lowest BCUT2D eigenvalue weighted by molar-refractivity contribution is 0.174. The van der Waals surface area contributed by atoms with Crippen molar-refractivity contribution in [1.29, 1.82) is 0 Å². The van der Waals surface area contributed by atoms with Gasteiger partial charge in [0.2, 0.25) is 16.8 Å². The van der Waals surface area contributed by atoms with Gasteiger partial charge in [-0.2, -0.15) is 4.31 Å². The standard InChI is InChI=1S/C21H28N4O4S.HI/c1-15(2)25(4)30(26,27)18-8-5-16(6-9-18)12-23-21(22-3)24-13-17-7-10-19-20(11-17)29-14-28-19;/h5-11,15H,12-14H2,1-4H3,(H2,22,23,24);1H. The van der Waals surface area contributed by atoms with Gasteiger partial charge < -0.3 is 20.1 Å². The van der Waals surface area contributed by atoms with Crippen LogP contribution in [0.25, 0.3) is 0 Å². The van der Waals surface area contributed by atoms with E-state index in [0.717, 1.165) is 22.6 Å². The van der Waals surface area contributed by atoms with Crippen LogP contribution in [0.1, 0.15) is 25.0 Å². The van der Waals surface area contributed by atoms with Gasteiger partial charge in [-0.15, -0.1) is 24.0 Å². The molecule has 0 spiro atoms. The summed E-state index contributed by atoms with van der Waals surface area (Å²) in [6.07, 6.45) is 0. The second kappa shape index (κ2) is 11.0. The number of sulfonamides is 1. The highest BCUT2D eigenvalue weighted by molar-refractivity contribution is 14.0. The second-order valence-electron chi connectivity index (χ2n) is 7.23. The van der Waals surface area contributed by atoms with Crippen molar-refractivity contribution in [2.45, 2.75) is 37.9 Å². The molecule has 31 heavy (non-hydrogen) atoms. The van der Waals surface area contributed by atoms with E-state index in [1.54, 1.807) is 38.4 Å². The summed E-state index contributed by atoms with van der Waals surface area (Å²) in [4.78, 5) is 4.51. The first-order valence-electron chi connectivity index (χ1n) is 9.71. The molecule has 2 aromatic rings. The molecule has 0 saturated heterocycles. The predicted octanol–water partition coefficient (Wildman–Crippen LogP) is 2.93. The summed E-state index contributed by atoms with van der Waals surface area (Å²) < 4.78 is 37.2.